The van der Waals surface area contributed by atoms with Crippen molar-refractivity contribution in [1.82, 2.24) is 10.6 Å². The van der Waals surface area contributed by atoms with E-state index in [2.05, 4.69) is 15.6 Å². The van der Waals surface area contributed by atoms with Crippen LogP contribution in [0.25, 0.3) is 0 Å². The molecule has 21 heavy (non-hydrogen) atoms. The fraction of sp³-hybridized carbons (Fsp3) is 0.467. The van der Waals surface area contributed by atoms with Crippen molar-refractivity contribution in [2.45, 2.75) is 25.8 Å². The first kappa shape index (κ1) is 15.2. The molecule has 114 valence electrons. The molecular formula is C15H22N4O2. The molecular weight excluding hydrogens is 268 g/mol. The molecule has 6 heteroatoms. The van der Waals surface area contributed by atoms with E-state index >= 15 is 0 Å². The largest absolute Gasteiger partial charge is 0.493 e. The summed E-state index contributed by atoms with van der Waals surface area (Å²) < 4.78 is 5.59. The lowest BCUT2D eigenvalue weighted by molar-refractivity contribution is -0.119. The highest BCUT2D eigenvalue weighted by molar-refractivity contribution is 5.84. The van der Waals surface area contributed by atoms with Crippen LogP contribution in [0.2, 0.25) is 0 Å². The third kappa shape index (κ3) is 4.37. The number of carbonyl (C=O) groups is 1. The van der Waals surface area contributed by atoms with Crippen LogP contribution in [0.3, 0.4) is 0 Å². The smallest absolute Gasteiger partial charge is 0.241 e. The molecule has 0 saturated carbocycles. The minimum Gasteiger partial charge on any atom is -0.493 e. The molecule has 1 aromatic rings. The Bertz CT molecular complexity index is 516. The molecule has 1 aromatic carbocycles. The minimum atomic E-state index is -0.117. The monoisotopic (exact) mass is 290 g/mol. The summed E-state index contributed by atoms with van der Waals surface area (Å²) in [4.78, 5) is 15.5. The fourth-order valence-corrected chi connectivity index (χ4v) is 2.19. The summed E-state index contributed by atoms with van der Waals surface area (Å²) in [5.41, 5.74) is 6.92. The maximum atomic E-state index is 11.5. The van der Waals surface area contributed by atoms with Gasteiger partial charge in [-0.05, 0) is 12.5 Å². The third-order valence-corrected chi connectivity index (χ3v) is 3.25. The van der Waals surface area contributed by atoms with Crippen molar-refractivity contribution in [3.8, 4) is 5.75 Å². The van der Waals surface area contributed by atoms with E-state index in [9.17, 15) is 4.79 Å². The summed E-state index contributed by atoms with van der Waals surface area (Å²) >= 11 is 0. The highest BCUT2D eigenvalue weighted by Crippen LogP contribution is 2.31. The Kier molecular flexibility index (Phi) is 5.43. The molecule has 6 nitrogen and oxygen atoms in total. The van der Waals surface area contributed by atoms with Gasteiger partial charge in [-0.2, -0.15) is 0 Å². The molecule has 1 heterocycles. The second kappa shape index (κ2) is 7.52. The summed E-state index contributed by atoms with van der Waals surface area (Å²) in [7, 11) is 0. The van der Waals surface area contributed by atoms with E-state index in [-0.39, 0.29) is 24.5 Å². The van der Waals surface area contributed by atoms with E-state index in [0.717, 1.165) is 24.2 Å². The number of hydrogen-bond acceptors (Lipinski definition) is 3. The number of guanidine groups is 1. The normalized spacial score (nSPS) is 17.6. The van der Waals surface area contributed by atoms with E-state index in [1.54, 1.807) is 0 Å². The number of carbonyl (C=O) groups excluding carboxylic acids is 1. The summed E-state index contributed by atoms with van der Waals surface area (Å²) in [6.45, 7) is 3.35. The Morgan fingerprint density at radius 1 is 1.48 bits per heavy atom. The van der Waals surface area contributed by atoms with Gasteiger partial charge in [0, 0.05) is 18.5 Å². The van der Waals surface area contributed by atoms with Crippen LogP contribution < -0.4 is 21.1 Å². The highest BCUT2D eigenvalue weighted by Gasteiger charge is 2.21. The number of fused-ring (bicyclic) bond motifs is 1. The molecule has 0 fully saturated rings. The Balaban J connectivity index is 1.91. The van der Waals surface area contributed by atoms with Crippen LogP contribution in [0.5, 0.6) is 5.75 Å². The van der Waals surface area contributed by atoms with E-state index in [4.69, 9.17) is 10.5 Å². The van der Waals surface area contributed by atoms with Crippen molar-refractivity contribution in [2.24, 2.45) is 10.7 Å². The predicted molar refractivity (Wildman–Crippen MR) is 82.2 cm³/mol. The Labute approximate surface area is 124 Å². The van der Waals surface area contributed by atoms with Gasteiger partial charge in [-0.15, -0.1) is 0 Å². The standard InChI is InChI=1S/C15H22N4O2/c1-2-8-17-14(20)10-18-15(16)19-12-7-9-21-13-6-4-3-5-11(12)13/h3-6,12H,2,7-10H2,1H3,(H,17,20)(H3,16,18,19). The molecule has 0 bridgehead atoms. The average molecular weight is 290 g/mol. The first-order valence-electron chi connectivity index (χ1n) is 7.25. The second-order valence-electron chi connectivity index (χ2n) is 4.92. The molecule has 1 atom stereocenters. The third-order valence-electron chi connectivity index (χ3n) is 3.25. The first-order valence-corrected chi connectivity index (χ1v) is 7.25. The van der Waals surface area contributed by atoms with Crippen LogP contribution in [0.15, 0.2) is 29.3 Å². The average Bonchev–Trinajstić information content (AvgIpc) is 2.51. The zero-order valence-electron chi connectivity index (χ0n) is 12.3. The molecule has 0 aliphatic carbocycles. The molecule has 4 N–H and O–H groups in total. The van der Waals surface area contributed by atoms with Crippen LogP contribution in [0, 0.1) is 0 Å². The van der Waals surface area contributed by atoms with Crippen molar-refractivity contribution in [3.63, 3.8) is 0 Å². The van der Waals surface area contributed by atoms with Gasteiger partial charge in [0.15, 0.2) is 5.96 Å². The number of benzene rings is 1. The van der Waals surface area contributed by atoms with E-state index in [0.29, 0.717) is 13.2 Å². The quantitative estimate of drug-likeness (QED) is 0.556. The van der Waals surface area contributed by atoms with E-state index in [1.165, 1.54) is 0 Å². The molecule has 0 aromatic heterocycles. The van der Waals surface area contributed by atoms with Crippen LogP contribution >= 0.6 is 0 Å². The lowest BCUT2D eigenvalue weighted by atomic mass is 10.0. The molecule has 2 rings (SSSR count). The lowest BCUT2D eigenvalue weighted by Gasteiger charge is -2.26. The molecule has 1 aliphatic rings. The molecule has 0 saturated heterocycles. The first-order chi connectivity index (χ1) is 10.2. The summed E-state index contributed by atoms with van der Waals surface area (Å²) in [6.07, 6.45) is 1.72. The maximum Gasteiger partial charge on any atom is 0.241 e. The van der Waals surface area contributed by atoms with Crippen molar-refractivity contribution >= 4 is 11.9 Å². The maximum absolute atomic E-state index is 11.5. The van der Waals surface area contributed by atoms with Crippen molar-refractivity contribution in [1.29, 1.82) is 0 Å². The van der Waals surface area contributed by atoms with Gasteiger partial charge >= 0.3 is 0 Å². The lowest BCUT2D eigenvalue weighted by Crippen LogP contribution is -2.38. The number of nitrogens with two attached hydrogens (primary N) is 1. The van der Waals surface area contributed by atoms with Crippen LogP contribution in [-0.2, 0) is 4.79 Å². The number of para-hydroxylation sites is 1. The van der Waals surface area contributed by atoms with Gasteiger partial charge in [0.25, 0.3) is 0 Å². The van der Waals surface area contributed by atoms with E-state index < -0.39 is 0 Å². The molecule has 0 spiro atoms. The second-order valence-corrected chi connectivity index (χ2v) is 4.92. The van der Waals surface area contributed by atoms with Gasteiger partial charge in [-0.25, -0.2) is 4.99 Å². The fourth-order valence-electron chi connectivity index (χ4n) is 2.19. The van der Waals surface area contributed by atoms with Crippen LogP contribution in [-0.4, -0.2) is 31.6 Å². The number of rotatable bonds is 5. The molecule has 1 amide bonds. The predicted octanol–water partition coefficient (Wildman–Crippen LogP) is 0.941. The van der Waals surface area contributed by atoms with Crippen molar-refractivity contribution < 1.29 is 9.53 Å². The minimum absolute atomic E-state index is 0.0453. The number of hydrogen-bond donors (Lipinski definition) is 3. The molecule has 1 aliphatic heterocycles. The molecule has 0 radical (unpaired) electrons. The number of amides is 1. The topological polar surface area (TPSA) is 88.7 Å². The number of nitrogens with zero attached hydrogens (tertiary/aromatic N) is 1. The Morgan fingerprint density at radius 2 is 2.29 bits per heavy atom. The van der Waals surface area contributed by atoms with Gasteiger partial charge in [-0.1, -0.05) is 25.1 Å². The summed E-state index contributed by atoms with van der Waals surface area (Å²) in [6, 6.07) is 7.92. The van der Waals surface area contributed by atoms with Gasteiger partial charge in [0.05, 0.1) is 12.6 Å². The van der Waals surface area contributed by atoms with Crippen molar-refractivity contribution in [2.75, 3.05) is 19.7 Å². The Hall–Kier alpha value is -2.24. The zero-order valence-corrected chi connectivity index (χ0v) is 12.3. The zero-order chi connectivity index (χ0) is 15.1. The van der Waals surface area contributed by atoms with Gasteiger partial charge in [-0.3, -0.25) is 4.79 Å². The van der Waals surface area contributed by atoms with Crippen LogP contribution in [0.4, 0.5) is 0 Å². The van der Waals surface area contributed by atoms with Gasteiger partial charge in [0.2, 0.25) is 5.91 Å². The van der Waals surface area contributed by atoms with E-state index in [1.807, 2.05) is 31.2 Å². The van der Waals surface area contributed by atoms with Gasteiger partial charge in [0.1, 0.15) is 12.3 Å². The number of aliphatic imine (C=N–C) groups is 1. The summed E-state index contributed by atoms with van der Waals surface area (Å²) in [5, 5.41) is 5.91. The van der Waals surface area contributed by atoms with Crippen LogP contribution in [0.1, 0.15) is 31.4 Å². The van der Waals surface area contributed by atoms with Crippen molar-refractivity contribution in [3.05, 3.63) is 29.8 Å². The highest BCUT2D eigenvalue weighted by atomic mass is 16.5. The van der Waals surface area contributed by atoms with Gasteiger partial charge < -0.3 is 21.1 Å². The Morgan fingerprint density at radius 3 is 3.10 bits per heavy atom. The summed E-state index contributed by atoms with van der Waals surface area (Å²) in [5.74, 6) is 1.03. The number of ether oxygens (including phenoxy) is 1. The molecule has 1 unspecified atom stereocenters. The SMILES string of the molecule is CCCNC(=O)CN=C(N)NC1CCOc2ccccc21. The number of nitrogens with one attached hydrogen (secondary N) is 2.